The van der Waals surface area contributed by atoms with Crippen LogP contribution in [0.5, 0.6) is 0 Å². The summed E-state index contributed by atoms with van der Waals surface area (Å²) in [4.78, 5) is 11.3. The fourth-order valence-corrected chi connectivity index (χ4v) is 5.49. The van der Waals surface area contributed by atoms with Crippen LogP contribution in [-0.2, 0) is 21.4 Å². The molecule has 35 heavy (non-hydrogen) atoms. The van der Waals surface area contributed by atoms with E-state index in [0.717, 1.165) is 27.8 Å². The zero-order chi connectivity index (χ0) is 25.9. The summed E-state index contributed by atoms with van der Waals surface area (Å²) in [5.41, 5.74) is 6.26. The van der Waals surface area contributed by atoms with Crippen molar-refractivity contribution >= 4 is 33.3 Å². The van der Waals surface area contributed by atoms with Gasteiger partial charge >= 0.3 is 5.97 Å². The van der Waals surface area contributed by atoms with Gasteiger partial charge in [-0.05, 0) is 90.9 Å². The van der Waals surface area contributed by atoms with Crippen molar-refractivity contribution in [2.75, 3.05) is 11.3 Å². The van der Waals surface area contributed by atoms with Crippen molar-refractivity contribution in [1.29, 1.82) is 0 Å². The quantitative estimate of drug-likeness (QED) is 0.331. The molecule has 0 saturated heterocycles. The summed E-state index contributed by atoms with van der Waals surface area (Å²) in [6.07, 6.45) is 0. The minimum absolute atomic E-state index is 0.177. The molecule has 3 rings (SSSR count). The number of carboxylic acids is 1. The molecule has 0 aliphatic heterocycles. The zero-order valence-electron chi connectivity index (χ0n) is 20.0. The first-order valence-electron chi connectivity index (χ1n) is 11.0. The Kier molecular flexibility index (Phi) is 8.22. The van der Waals surface area contributed by atoms with Gasteiger partial charge in [0.25, 0.3) is 10.0 Å². The first-order valence-corrected chi connectivity index (χ1v) is 12.9. The first kappa shape index (κ1) is 26.7. The van der Waals surface area contributed by atoms with Crippen LogP contribution in [0.4, 0.5) is 5.69 Å². The van der Waals surface area contributed by atoms with Crippen LogP contribution in [-0.4, -0.2) is 37.2 Å². The summed E-state index contributed by atoms with van der Waals surface area (Å²) in [5.74, 6) is -1.11. The number of hydrogen-bond donors (Lipinski definition) is 4. The van der Waals surface area contributed by atoms with Crippen LogP contribution in [0.25, 0.3) is 11.1 Å². The molecule has 0 fully saturated rings. The lowest BCUT2D eigenvalue weighted by Gasteiger charge is -2.17. The summed E-state index contributed by atoms with van der Waals surface area (Å²) in [7, 11) is -3.82. The maximum absolute atomic E-state index is 13.1. The van der Waals surface area contributed by atoms with Crippen molar-refractivity contribution in [3.63, 3.8) is 0 Å². The molecule has 0 amide bonds. The average molecular weight is 517 g/mol. The number of nitrogens with one attached hydrogen (secondary N) is 2. The highest BCUT2D eigenvalue weighted by Gasteiger charge is 2.19. The summed E-state index contributed by atoms with van der Waals surface area (Å²) >= 11 is 6.12. The Labute approximate surface area is 210 Å². The molecule has 4 N–H and O–H groups in total. The highest BCUT2D eigenvalue weighted by Crippen LogP contribution is 2.29. The first-order chi connectivity index (χ1) is 16.4. The van der Waals surface area contributed by atoms with E-state index in [1.54, 1.807) is 44.2 Å². The van der Waals surface area contributed by atoms with Gasteiger partial charge < -0.3 is 10.2 Å². The van der Waals surface area contributed by atoms with Gasteiger partial charge in [0.2, 0.25) is 0 Å². The summed E-state index contributed by atoms with van der Waals surface area (Å²) in [5, 5.41) is 21.7. The number of carbonyl (C=O) groups is 1. The lowest BCUT2D eigenvalue weighted by Crippen LogP contribution is -2.39. The second-order valence-corrected chi connectivity index (χ2v) is 10.7. The van der Waals surface area contributed by atoms with Crippen molar-refractivity contribution in [2.24, 2.45) is 0 Å². The fraction of sp³-hybridized carbons (Fsp3) is 0.269. The van der Waals surface area contributed by atoms with Crippen molar-refractivity contribution in [3.05, 3.63) is 81.4 Å². The second-order valence-electron chi connectivity index (χ2n) is 8.60. The average Bonchev–Trinajstić information content (AvgIpc) is 2.77. The third-order valence-corrected chi connectivity index (χ3v) is 7.83. The molecule has 186 valence electrons. The molecule has 0 heterocycles. The summed E-state index contributed by atoms with van der Waals surface area (Å²) < 4.78 is 28.8. The Hall–Kier alpha value is -2.91. The van der Waals surface area contributed by atoms with E-state index in [4.69, 9.17) is 16.7 Å². The molecular formula is C26H29ClN2O5S. The van der Waals surface area contributed by atoms with Crippen LogP contribution in [0.2, 0.25) is 5.02 Å². The normalized spacial score (nSPS) is 12.4. The topological polar surface area (TPSA) is 116 Å². The van der Waals surface area contributed by atoms with Crippen molar-refractivity contribution < 1.29 is 23.4 Å². The number of carboxylic acid groups (broad SMARTS) is 1. The Morgan fingerprint density at radius 1 is 0.943 bits per heavy atom. The van der Waals surface area contributed by atoms with Crippen LogP contribution in [0.1, 0.15) is 27.8 Å². The third-order valence-electron chi connectivity index (χ3n) is 5.90. The zero-order valence-corrected chi connectivity index (χ0v) is 21.6. The van der Waals surface area contributed by atoms with Gasteiger partial charge in [0.05, 0.1) is 11.5 Å². The molecule has 0 radical (unpaired) electrons. The van der Waals surface area contributed by atoms with Gasteiger partial charge in [-0.25, -0.2) is 8.42 Å². The maximum atomic E-state index is 13.1. The van der Waals surface area contributed by atoms with E-state index in [1.807, 2.05) is 32.0 Å². The Bertz CT molecular complexity index is 1350. The lowest BCUT2D eigenvalue weighted by atomic mass is 9.95. The molecule has 0 aliphatic rings. The lowest BCUT2D eigenvalue weighted by molar-refractivity contribution is -0.140. The molecular weight excluding hydrogens is 488 g/mol. The summed E-state index contributed by atoms with van der Waals surface area (Å²) in [6.45, 7) is 7.13. The van der Waals surface area contributed by atoms with Gasteiger partial charge in [-0.3, -0.25) is 14.8 Å². The van der Waals surface area contributed by atoms with E-state index >= 15 is 0 Å². The molecule has 0 spiro atoms. The molecule has 9 heteroatoms. The molecule has 0 saturated carbocycles. The predicted molar refractivity (Wildman–Crippen MR) is 138 cm³/mol. The number of anilines is 1. The molecule has 0 aliphatic carbocycles. The molecule has 1 atom stereocenters. The monoisotopic (exact) mass is 516 g/mol. The molecule has 0 aromatic heterocycles. The van der Waals surface area contributed by atoms with E-state index in [1.165, 1.54) is 0 Å². The molecule has 0 bridgehead atoms. The van der Waals surface area contributed by atoms with Crippen LogP contribution in [0.15, 0.2) is 53.4 Å². The standard InChI is InChI=1S/C26H29ClN2O5S/c1-15-8-20(9-16(2)22(15)13-28-24(14-30)26(31)32)19-6-5-7-21(12-19)29-35(33,34)25-11-17(3)23(27)10-18(25)4/h5-12,24,28-30H,13-14H2,1-4H3,(H,31,32)/t24-/m1/s1. The number of halogens is 1. The number of aliphatic hydroxyl groups excluding tert-OH is 1. The Morgan fingerprint density at radius 3 is 2.20 bits per heavy atom. The van der Waals surface area contributed by atoms with E-state index in [2.05, 4.69) is 10.0 Å². The minimum atomic E-state index is -3.82. The van der Waals surface area contributed by atoms with Gasteiger partial charge in [0.1, 0.15) is 6.04 Å². The number of hydrogen-bond acceptors (Lipinski definition) is 5. The van der Waals surface area contributed by atoms with E-state index in [-0.39, 0.29) is 4.90 Å². The van der Waals surface area contributed by atoms with E-state index in [0.29, 0.717) is 28.4 Å². The predicted octanol–water partition coefficient (Wildman–Crippen LogP) is 4.58. The van der Waals surface area contributed by atoms with Gasteiger partial charge in [-0.15, -0.1) is 0 Å². The number of rotatable bonds is 9. The highest BCUT2D eigenvalue weighted by atomic mass is 35.5. The van der Waals surface area contributed by atoms with Gasteiger partial charge in [0, 0.05) is 17.3 Å². The maximum Gasteiger partial charge on any atom is 0.323 e. The SMILES string of the molecule is Cc1cc(S(=O)(=O)Nc2cccc(-c3cc(C)c(CN[C@H](CO)C(=O)O)c(C)c3)c2)c(C)cc1Cl. The van der Waals surface area contributed by atoms with Crippen LogP contribution >= 0.6 is 11.6 Å². The van der Waals surface area contributed by atoms with Crippen LogP contribution < -0.4 is 10.0 Å². The van der Waals surface area contributed by atoms with E-state index < -0.39 is 28.6 Å². The van der Waals surface area contributed by atoms with Crippen molar-refractivity contribution in [2.45, 2.75) is 45.2 Å². The molecule has 7 nitrogen and oxygen atoms in total. The van der Waals surface area contributed by atoms with Gasteiger partial charge in [-0.2, -0.15) is 0 Å². The third kappa shape index (κ3) is 6.21. The second kappa shape index (κ2) is 10.8. The molecule has 0 unspecified atom stereocenters. The smallest absolute Gasteiger partial charge is 0.323 e. The number of sulfonamides is 1. The largest absolute Gasteiger partial charge is 0.480 e. The Morgan fingerprint density at radius 2 is 1.60 bits per heavy atom. The minimum Gasteiger partial charge on any atom is -0.480 e. The van der Waals surface area contributed by atoms with Gasteiger partial charge in [-0.1, -0.05) is 35.9 Å². The number of aliphatic hydroxyl groups is 1. The number of benzene rings is 3. The molecule has 3 aromatic rings. The van der Waals surface area contributed by atoms with Crippen molar-refractivity contribution in [1.82, 2.24) is 5.32 Å². The number of aryl methyl sites for hydroxylation is 4. The van der Waals surface area contributed by atoms with Crippen molar-refractivity contribution in [3.8, 4) is 11.1 Å². The number of aliphatic carboxylic acids is 1. The van der Waals surface area contributed by atoms with Crippen LogP contribution in [0.3, 0.4) is 0 Å². The van der Waals surface area contributed by atoms with Crippen LogP contribution in [0, 0.1) is 27.7 Å². The highest BCUT2D eigenvalue weighted by molar-refractivity contribution is 7.92. The fourth-order valence-electron chi connectivity index (χ4n) is 3.91. The van der Waals surface area contributed by atoms with Gasteiger partial charge in [0.15, 0.2) is 0 Å². The molecule has 3 aromatic carbocycles. The Balaban J connectivity index is 1.87. The summed E-state index contributed by atoms with van der Waals surface area (Å²) in [6, 6.07) is 13.3. The van der Waals surface area contributed by atoms with E-state index in [9.17, 15) is 18.3 Å².